The van der Waals surface area contributed by atoms with Crippen molar-refractivity contribution in [1.29, 1.82) is 0 Å². The third kappa shape index (κ3) is 2.62. The number of rotatable bonds is 3. The number of piperidine rings is 1. The van der Waals surface area contributed by atoms with E-state index in [1.165, 1.54) is 9.58 Å². The minimum absolute atomic E-state index is 0.234. The largest absolute Gasteiger partial charge is 0.480 e. The van der Waals surface area contributed by atoms with E-state index in [2.05, 4.69) is 5.10 Å². The van der Waals surface area contributed by atoms with Crippen molar-refractivity contribution in [3.05, 3.63) is 17.5 Å². The number of aryl methyl sites for hydroxylation is 2. The Bertz CT molecular complexity index is 495. The van der Waals surface area contributed by atoms with E-state index in [1.54, 1.807) is 13.1 Å². The summed E-state index contributed by atoms with van der Waals surface area (Å²) in [5.41, 5.74) is 1.31. The Balaban J connectivity index is 2.25. The Labute approximate surface area is 112 Å². The molecule has 2 heterocycles. The molecule has 104 valence electrons. The summed E-state index contributed by atoms with van der Waals surface area (Å²) in [6.07, 6.45) is 2.99. The molecule has 1 saturated heterocycles. The summed E-state index contributed by atoms with van der Waals surface area (Å²) in [4.78, 5) is 25.2. The van der Waals surface area contributed by atoms with Crippen molar-refractivity contribution in [3.63, 3.8) is 0 Å². The molecule has 0 aromatic carbocycles. The molecule has 1 aromatic rings. The Morgan fingerprint density at radius 2 is 2.21 bits per heavy atom. The van der Waals surface area contributed by atoms with Gasteiger partial charge in [0.1, 0.15) is 11.7 Å². The number of likely N-dealkylation sites (tertiary alicyclic amines) is 1. The van der Waals surface area contributed by atoms with Crippen LogP contribution in [0, 0.1) is 0 Å². The number of amides is 1. The van der Waals surface area contributed by atoms with Gasteiger partial charge in [0.15, 0.2) is 0 Å². The molecule has 6 nitrogen and oxygen atoms in total. The first-order valence-corrected chi connectivity index (χ1v) is 6.61. The molecule has 1 aliphatic heterocycles. The van der Waals surface area contributed by atoms with Gasteiger partial charge in [-0.2, -0.15) is 5.10 Å². The van der Waals surface area contributed by atoms with E-state index in [0.717, 1.165) is 25.0 Å². The molecule has 1 aliphatic rings. The topological polar surface area (TPSA) is 75.4 Å². The first-order chi connectivity index (χ1) is 9.04. The SMILES string of the molecule is CCc1cc(C(=O)N2CCCCC2C(=O)O)n(C)n1. The van der Waals surface area contributed by atoms with E-state index < -0.39 is 12.0 Å². The number of carbonyl (C=O) groups excluding carboxylic acids is 1. The lowest BCUT2D eigenvalue weighted by molar-refractivity contribution is -0.143. The van der Waals surface area contributed by atoms with Crippen molar-refractivity contribution in [2.45, 2.75) is 38.6 Å². The van der Waals surface area contributed by atoms with E-state index >= 15 is 0 Å². The number of aromatic nitrogens is 2. The number of carboxylic acid groups (broad SMARTS) is 1. The second-order valence-corrected chi connectivity index (χ2v) is 4.85. The zero-order valence-corrected chi connectivity index (χ0v) is 11.3. The number of nitrogens with zero attached hydrogens (tertiary/aromatic N) is 3. The molecular weight excluding hydrogens is 246 g/mol. The predicted molar refractivity (Wildman–Crippen MR) is 68.9 cm³/mol. The van der Waals surface area contributed by atoms with Crippen LogP contribution in [0.1, 0.15) is 42.4 Å². The summed E-state index contributed by atoms with van der Waals surface area (Å²) in [7, 11) is 1.71. The highest BCUT2D eigenvalue weighted by molar-refractivity contribution is 5.95. The van der Waals surface area contributed by atoms with Crippen LogP contribution in [-0.2, 0) is 18.3 Å². The molecule has 0 aliphatic carbocycles. The third-order valence-corrected chi connectivity index (χ3v) is 3.56. The zero-order chi connectivity index (χ0) is 14.0. The van der Waals surface area contributed by atoms with Crippen LogP contribution in [-0.4, -0.2) is 44.3 Å². The minimum Gasteiger partial charge on any atom is -0.480 e. The smallest absolute Gasteiger partial charge is 0.326 e. The maximum Gasteiger partial charge on any atom is 0.326 e. The third-order valence-electron chi connectivity index (χ3n) is 3.56. The molecule has 19 heavy (non-hydrogen) atoms. The summed E-state index contributed by atoms with van der Waals surface area (Å²) in [5.74, 6) is -1.16. The number of aliphatic carboxylic acids is 1. The van der Waals surface area contributed by atoms with Crippen LogP contribution in [0.15, 0.2) is 6.07 Å². The van der Waals surface area contributed by atoms with Gasteiger partial charge in [0.25, 0.3) is 5.91 Å². The van der Waals surface area contributed by atoms with Crippen LogP contribution in [0.25, 0.3) is 0 Å². The lowest BCUT2D eigenvalue weighted by Crippen LogP contribution is -2.48. The van der Waals surface area contributed by atoms with Gasteiger partial charge in [0.05, 0.1) is 5.69 Å². The van der Waals surface area contributed by atoms with Gasteiger partial charge < -0.3 is 10.0 Å². The van der Waals surface area contributed by atoms with Crippen LogP contribution in [0.3, 0.4) is 0 Å². The Hall–Kier alpha value is -1.85. The van der Waals surface area contributed by atoms with Gasteiger partial charge in [-0.3, -0.25) is 9.48 Å². The fraction of sp³-hybridized carbons (Fsp3) is 0.615. The molecule has 6 heteroatoms. The van der Waals surface area contributed by atoms with Crippen molar-refractivity contribution in [3.8, 4) is 0 Å². The van der Waals surface area contributed by atoms with Crippen LogP contribution in [0.2, 0.25) is 0 Å². The van der Waals surface area contributed by atoms with Gasteiger partial charge in [-0.15, -0.1) is 0 Å². The first-order valence-electron chi connectivity index (χ1n) is 6.61. The van der Waals surface area contributed by atoms with Gasteiger partial charge in [-0.05, 0) is 31.7 Å². The van der Waals surface area contributed by atoms with Crippen molar-refractivity contribution in [2.24, 2.45) is 7.05 Å². The Morgan fingerprint density at radius 1 is 1.47 bits per heavy atom. The van der Waals surface area contributed by atoms with Gasteiger partial charge in [0, 0.05) is 13.6 Å². The molecule has 1 atom stereocenters. The average Bonchev–Trinajstić information content (AvgIpc) is 2.79. The van der Waals surface area contributed by atoms with Crippen LogP contribution >= 0.6 is 0 Å². The van der Waals surface area contributed by atoms with Gasteiger partial charge in [0.2, 0.25) is 0 Å². The molecule has 1 N–H and O–H groups in total. The summed E-state index contributed by atoms with van der Waals surface area (Å²) < 4.78 is 1.54. The monoisotopic (exact) mass is 265 g/mol. The van der Waals surface area contributed by atoms with Crippen molar-refractivity contribution in [1.82, 2.24) is 14.7 Å². The van der Waals surface area contributed by atoms with E-state index in [0.29, 0.717) is 18.7 Å². The molecule has 1 fully saturated rings. The zero-order valence-electron chi connectivity index (χ0n) is 11.3. The highest BCUT2D eigenvalue weighted by Crippen LogP contribution is 2.20. The normalized spacial score (nSPS) is 19.5. The lowest BCUT2D eigenvalue weighted by Gasteiger charge is -2.32. The number of hydrogen-bond acceptors (Lipinski definition) is 3. The van der Waals surface area contributed by atoms with Crippen molar-refractivity contribution < 1.29 is 14.7 Å². The quantitative estimate of drug-likeness (QED) is 0.886. The van der Waals surface area contributed by atoms with Crippen molar-refractivity contribution >= 4 is 11.9 Å². The standard InChI is InChI=1S/C13H19N3O3/c1-3-9-8-11(15(2)14-9)12(17)16-7-5-4-6-10(16)13(18)19/h8,10H,3-7H2,1-2H3,(H,18,19). The second kappa shape index (κ2) is 5.42. The fourth-order valence-electron chi connectivity index (χ4n) is 2.48. The summed E-state index contributed by atoms with van der Waals surface area (Å²) >= 11 is 0. The van der Waals surface area contributed by atoms with E-state index in [-0.39, 0.29) is 5.91 Å². The average molecular weight is 265 g/mol. The van der Waals surface area contributed by atoms with E-state index in [9.17, 15) is 14.7 Å². The van der Waals surface area contributed by atoms with Gasteiger partial charge >= 0.3 is 5.97 Å². The molecule has 1 aromatic heterocycles. The van der Waals surface area contributed by atoms with Crippen LogP contribution < -0.4 is 0 Å². The molecule has 1 amide bonds. The molecule has 0 bridgehead atoms. The summed E-state index contributed by atoms with van der Waals surface area (Å²) in [6, 6.07) is 1.04. The predicted octanol–water partition coefficient (Wildman–Crippen LogP) is 1.06. The Kier molecular flexibility index (Phi) is 3.87. The Morgan fingerprint density at radius 3 is 2.79 bits per heavy atom. The van der Waals surface area contributed by atoms with Gasteiger partial charge in [-0.1, -0.05) is 6.92 Å². The molecule has 0 radical (unpaired) electrons. The molecule has 0 saturated carbocycles. The number of carboxylic acids is 1. The second-order valence-electron chi connectivity index (χ2n) is 4.85. The van der Waals surface area contributed by atoms with Crippen LogP contribution in [0.5, 0.6) is 0 Å². The maximum atomic E-state index is 12.5. The fourth-order valence-corrected chi connectivity index (χ4v) is 2.48. The molecule has 2 rings (SSSR count). The maximum absolute atomic E-state index is 12.5. The van der Waals surface area contributed by atoms with Gasteiger partial charge in [-0.25, -0.2) is 4.79 Å². The molecular formula is C13H19N3O3. The highest BCUT2D eigenvalue weighted by atomic mass is 16.4. The lowest BCUT2D eigenvalue weighted by atomic mass is 10.0. The summed E-state index contributed by atoms with van der Waals surface area (Å²) in [5, 5.41) is 13.4. The van der Waals surface area contributed by atoms with Crippen LogP contribution in [0.4, 0.5) is 0 Å². The van der Waals surface area contributed by atoms with E-state index in [1.807, 2.05) is 6.92 Å². The molecule has 1 unspecified atom stereocenters. The number of carbonyl (C=O) groups is 2. The number of hydrogen-bond donors (Lipinski definition) is 1. The summed E-state index contributed by atoms with van der Waals surface area (Å²) in [6.45, 7) is 2.47. The minimum atomic E-state index is -0.925. The molecule has 0 spiro atoms. The first kappa shape index (κ1) is 13.6. The van der Waals surface area contributed by atoms with Crippen molar-refractivity contribution in [2.75, 3.05) is 6.54 Å². The van der Waals surface area contributed by atoms with E-state index in [4.69, 9.17) is 0 Å². The highest BCUT2D eigenvalue weighted by Gasteiger charge is 2.33.